The highest BCUT2D eigenvalue weighted by molar-refractivity contribution is 7.99. The van der Waals surface area contributed by atoms with E-state index in [1.807, 2.05) is 0 Å². The van der Waals surface area contributed by atoms with Gasteiger partial charge in [-0.3, -0.25) is 24.6 Å². The van der Waals surface area contributed by atoms with Crippen LogP contribution < -0.4 is 10.6 Å². The minimum atomic E-state index is -0.610. The van der Waals surface area contributed by atoms with Crippen LogP contribution >= 0.6 is 23.5 Å². The van der Waals surface area contributed by atoms with Crippen molar-refractivity contribution in [2.45, 2.75) is 71.0 Å². The molecule has 8 nitrogen and oxygen atoms in total. The van der Waals surface area contributed by atoms with E-state index in [-0.39, 0.29) is 30.1 Å². The van der Waals surface area contributed by atoms with E-state index < -0.39 is 11.0 Å². The van der Waals surface area contributed by atoms with Crippen molar-refractivity contribution in [2.75, 3.05) is 29.7 Å². The third-order valence-electron chi connectivity index (χ3n) is 6.88. The number of nitrogens with one attached hydrogen (secondary N) is 2. The van der Waals surface area contributed by atoms with Gasteiger partial charge in [0.05, 0.1) is 11.0 Å². The maximum Gasteiger partial charge on any atom is 0.269 e. The van der Waals surface area contributed by atoms with Crippen LogP contribution in [0.3, 0.4) is 0 Å². The fourth-order valence-electron chi connectivity index (χ4n) is 4.57. The van der Waals surface area contributed by atoms with Crippen LogP contribution in [0.5, 0.6) is 0 Å². The molecule has 1 aromatic carbocycles. The molecular formula is C26H40N4O4S2. The van der Waals surface area contributed by atoms with Crippen LogP contribution in [0.15, 0.2) is 24.3 Å². The summed E-state index contributed by atoms with van der Waals surface area (Å²) in [5.74, 6) is 4.14. The van der Waals surface area contributed by atoms with Gasteiger partial charge in [0.15, 0.2) is 0 Å². The molecule has 1 heterocycles. The van der Waals surface area contributed by atoms with E-state index >= 15 is 0 Å². The Morgan fingerprint density at radius 1 is 1.19 bits per heavy atom. The Balaban J connectivity index is 1.58. The van der Waals surface area contributed by atoms with Gasteiger partial charge in [0.25, 0.3) is 5.69 Å². The van der Waals surface area contributed by atoms with E-state index in [4.69, 9.17) is 0 Å². The van der Waals surface area contributed by atoms with Crippen molar-refractivity contribution < 1.29 is 14.5 Å². The van der Waals surface area contributed by atoms with Crippen molar-refractivity contribution in [1.29, 1.82) is 0 Å². The fraction of sp³-hybridized carbons (Fsp3) is 0.692. The molecule has 36 heavy (non-hydrogen) atoms. The van der Waals surface area contributed by atoms with Crippen molar-refractivity contribution in [3.8, 4) is 0 Å². The molecule has 2 aliphatic rings. The molecule has 0 aromatic heterocycles. The highest BCUT2D eigenvalue weighted by atomic mass is 32.2. The predicted octanol–water partition coefficient (Wildman–Crippen LogP) is 4.43. The number of nitrogens with zero attached hydrogens (tertiary/aromatic N) is 2. The number of hydrogen-bond acceptors (Lipinski definition) is 7. The SMILES string of the molecule is CC(C)CCN1CSC[C@H]1C(=O)N[C@@H](CSCC1CCCCC1)C(=O)NCc1ccc([N+](=O)[O-])cc1. The lowest BCUT2D eigenvalue weighted by Gasteiger charge is -2.26. The number of rotatable bonds is 13. The first kappa shape index (κ1) is 28.8. The quantitative estimate of drug-likeness (QED) is 0.284. The normalized spacial score (nSPS) is 19.8. The van der Waals surface area contributed by atoms with E-state index in [0.717, 1.165) is 35.9 Å². The monoisotopic (exact) mass is 536 g/mol. The third kappa shape index (κ3) is 9.27. The first-order chi connectivity index (χ1) is 17.3. The minimum absolute atomic E-state index is 0.0192. The van der Waals surface area contributed by atoms with E-state index in [1.54, 1.807) is 35.7 Å². The molecule has 1 aliphatic carbocycles. The Morgan fingerprint density at radius 2 is 1.92 bits per heavy atom. The summed E-state index contributed by atoms with van der Waals surface area (Å²) in [5, 5.41) is 16.9. The number of non-ortho nitro benzene ring substituents is 1. The van der Waals surface area contributed by atoms with Gasteiger partial charge in [0, 0.05) is 42.6 Å². The van der Waals surface area contributed by atoms with Gasteiger partial charge in [-0.25, -0.2) is 0 Å². The second-order valence-corrected chi connectivity index (χ2v) is 12.3. The zero-order chi connectivity index (χ0) is 25.9. The Kier molecular flexibility index (Phi) is 11.9. The molecule has 0 spiro atoms. The summed E-state index contributed by atoms with van der Waals surface area (Å²) in [5.41, 5.74) is 0.798. The largest absolute Gasteiger partial charge is 0.350 e. The number of carbonyl (C=O) groups excluding carboxylic acids is 2. The Labute approximate surface area is 223 Å². The Bertz CT molecular complexity index is 862. The molecule has 2 N–H and O–H groups in total. The molecule has 1 aliphatic heterocycles. The van der Waals surface area contributed by atoms with Crippen molar-refractivity contribution >= 4 is 41.0 Å². The number of nitro groups is 1. The van der Waals surface area contributed by atoms with Gasteiger partial charge in [-0.05, 0) is 42.4 Å². The summed E-state index contributed by atoms with van der Waals surface area (Å²) in [4.78, 5) is 39.1. The van der Waals surface area contributed by atoms with Crippen LogP contribution in [0.25, 0.3) is 0 Å². The lowest BCUT2D eigenvalue weighted by atomic mass is 9.91. The van der Waals surface area contributed by atoms with Crippen molar-refractivity contribution in [1.82, 2.24) is 15.5 Å². The smallest absolute Gasteiger partial charge is 0.269 e. The number of benzene rings is 1. The first-order valence-corrected chi connectivity index (χ1v) is 15.4. The molecule has 0 bridgehead atoms. The summed E-state index contributed by atoms with van der Waals surface area (Å²) in [6, 6.07) is 5.34. The Morgan fingerprint density at radius 3 is 2.58 bits per heavy atom. The first-order valence-electron chi connectivity index (χ1n) is 13.0. The zero-order valence-corrected chi connectivity index (χ0v) is 23.1. The van der Waals surface area contributed by atoms with Crippen LogP contribution in [-0.2, 0) is 16.1 Å². The van der Waals surface area contributed by atoms with Gasteiger partial charge in [0.2, 0.25) is 11.8 Å². The highest BCUT2D eigenvalue weighted by Gasteiger charge is 2.33. The van der Waals surface area contributed by atoms with Gasteiger partial charge in [-0.2, -0.15) is 11.8 Å². The lowest BCUT2D eigenvalue weighted by Crippen LogP contribution is -2.54. The van der Waals surface area contributed by atoms with Crippen molar-refractivity contribution in [2.24, 2.45) is 11.8 Å². The summed E-state index contributed by atoms with van der Waals surface area (Å²) in [6.07, 6.45) is 7.43. The summed E-state index contributed by atoms with van der Waals surface area (Å²) >= 11 is 3.52. The molecule has 10 heteroatoms. The summed E-state index contributed by atoms with van der Waals surface area (Å²) < 4.78 is 0. The highest BCUT2D eigenvalue weighted by Crippen LogP contribution is 2.27. The molecular weight excluding hydrogens is 496 g/mol. The summed E-state index contributed by atoms with van der Waals surface area (Å²) in [7, 11) is 0. The third-order valence-corrected chi connectivity index (χ3v) is 9.22. The second kappa shape index (κ2) is 14.8. The van der Waals surface area contributed by atoms with E-state index in [1.165, 1.54) is 44.2 Å². The molecule has 0 radical (unpaired) electrons. The maximum absolute atomic E-state index is 13.2. The number of nitro benzene ring substituents is 1. The molecule has 3 rings (SSSR count). The van der Waals surface area contributed by atoms with Gasteiger partial charge in [-0.1, -0.05) is 45.2 Å². The molecule has 1 aromatic rings. The lowest BCUT2D eigenvalue weighted by molar-refractivity contribution is -0.384. The van der Waals surface area contributed by atoms with Crippen LogP contribution in [0.2, 0.25) is 0 Å². The standard InChI is InChI=1S/C26H40N4O4S2/c1-19(2)12-13-29-18-36-17-24(29)26(32)28-23(16-35-15-21-6-4-3-5-7-21)25(31)27-14-20-8-10-22(11-9-20)30(33)34/h8-11,19,21,23-24H,3-7,12-18H2,1-2H3,(H,27,31)(H,28,32)/t23-,24-/m0/s1. The Hall–Kier alpha value is -1.78. The minimum Gasteiger partial charge on any atom is -0.350 e. The van der Waals surface area contributed by atoms with Crippen molar-refractivity contribution in [3.63, 3.8) is 0 Å². The molecule has 2 fully saturated rings. The molecule has 1 saturated carbocycles. The van der Waals surface area contributed by atoms with Gasteiger partial charge in [-0.15, -0.1) is 11.8 Å². The molecule has 2 atom stereocenters. The molecule has 1 saturated heterocycles. The fourth-order valence-corrected chi connectivity index (χ4v) is 7.08. The van der Waals surface area contributed by atoms with Crippen molar-refractivity contribution in [3.05, 3.63) is 39.9 Å². The maximum atomic E-state index is 13.2. The molecule has 2 amide bonds. The van der Waals surface area contributed by atoms with Gasteiger partial charge < -0.3 is 10.6 Å². The van der Waals surface area contributed by atoms with E-state index in [9.17, 15) is 19.7 Å². The van der Waals surface area contributed by atoms with Gasteiger partial charge >= 0.3 is 0 Å². The topological polar surface area (TPSA) is 105 Å². The number of thioether (sulfide) groups is 2. The summed E-state index contributed by atoms with van der Waals surface area (Å²) in [6.45, 7) is 5.52. The van der Waals surface area contributed by atoms with E-state index in [0.29, 0.717) is 17.6 Å². The zero-order valence-electron chi connectivity index (χ0n) is 21.4. The average molecular weight is 537 g/mol. The van der Waals surface area contributed by atoms with Gasteiger partial charge in [0.1, 0.15) is 6.04 Å². The van der Waals surface area contributed by atoms with Crippen LogP contribution in [0.1, 0.15) is 57.9 Å². The van der Waals surface area contributed by atoms with Crippen LogP contribution in [0.4, 0.5) is 5.69 Å². The molecule has 200 valence electrons. The predicted molar refractivity (Wildman–Crippen MR) is 148 cm³/mol. The van der Waals surface area contributed by atoms with Crippen LogP contribution in [0, 0.1) is 22.0 Å². The molecule has 0 unspecified atom stereocenters. The van der Waals surface area contributed by atoms with Crippen LogP contribution in [-0.4, -0.2) is 63.4 Å². The number of hydrogen-bond donors (Lipinski definition) is 2. The second-order valence-electron chi connectivity index (χ2n) is 10.3. The van der Waals surface area contributed by atoms with E-state index in [2.05, 4.69) is 29.4 Å². The number of amides is 2. The average Bonchev–Trinajstić information content (AvgIpc) is 3.35. The number of carbonyl (C=O) groups is 2.